The highest BCUT2D eigenvalue weighted by atomic mass is 16.5. The van der Waals surface area contributed by atoms with Crippen molar-refractivity contribution in [2.45, 2.75) is 32.7 Å². The summed E-state index contributed by atoms with van der Waals surface area (Å²) in [4.78, 5) is 21.9. The number of benzene rings is 1. The van der Waals surface area contributed by atoms with Gasteiger partial charge in [0.2, 0.25) is 5.91 Å². The Hall–Kier alpha value is -2.25. The molecule has 1 atom stereocenters. The Bertz CT molecular complexity index is 819. The van der Waals surface area contributed by atoms with Crippen molar-refractivity contribution in [1.29, 1.82) is 0 Å². The largest absolute Gasteiger partial charge is 0.383 e. The van der Waals surface area contributed by atoms with Crippen LogP contribution in [0.4, 0.5) is 0 Å². The fourth-order valence-corrected chi connectivity index (χ4v) is 4.37. The Morgan fingerprint density at radius 1 is 1.21 bits per heavy atom. The summed E-state index contributed by atoms with van der Waals surface area (Å²) < 4.78 is 10.6. The molecule has 1 spiro atoms. The SMILES string of the molecule is COCCN1CCCC2(CCN(Cc3noc(-c4ccc(C)cc4)n3)C2)C1=O. The lowest BCUT2D eigenvalue weighted by Crippen LogP contribution is -2.50. The van der Waals surface area contributed by atoms with Crippen LogP contribution in [0.2, 0.25) is 0 Å². The van der Waals surface area contributed by atoms with Crippen molar-refractivity contribution in [3.05, 3.63) is 35.7 Å². The lowest BCUT2D eigenvalue weighted by Gasteiger charge is -2.39. The van der Waals surface area contributed by atoms with E-state index in [-0.39, 0.29) is 11.3 Å². The normalized spacial score (nSPS) is 23.1. The van der Waals surface area contributed by atoms with Crippen LogP contribution < -0.4 is 0 Å². The number of carbonyl (C=O) groups is 1. The fourth-order valence-electron chi connectivity index (χ4n) is 4.37. The minimum absolute atomic E-state index is 0.254. The predicted octanol–water partition coefficient (Wildman–Crippen LogP) is 2.51. The number of nitrogens with zero attached hydrogens (tertiary/aromatic N) is 4. The third-order valence-electron chi connectivity index (χ3n) is 5.95. The van der Waals surface area contributed by atoms with Gasteiger partial charge in [0.1, 0.15) is 0 Å². The molecule has 1 unspecified atom stereocenters. The molecular weight excluding hydrogens is 356 g/mol. The summed E-state index contributed by atoms with van der Waals surface area (Å²) in [5.74, 6) is 1.50. The first-order valence-corrected chi connectivity index (χ1v) is 10.00. The highest BCUT2D eigenvalue weighted by Gasteiger charge is 2.48. The van der Waals surface area contributed by atoms with Gasteiger partial charge in [-0.3, -0.25) is 9.69 Å². The second kappa shape index (κ2) is 8.01. The summed E-state index contributed by atoms with van der Waals surface area (Å²) in [6.07, 6.45) is 2.92. The number of hydrogen-bond donors (Lipinski definition) is 0. The first kappa shape index (κ1) is 19.1. The number of piperidine rings is 1. The molecule has 150 valence electrons. The molecule has 4 rings (SSSR count). The molecule has 0 N–H and O–H groups in total. The first-order chi connectivity index (χ1) is 13.6. The molecule has 2 aliphatic rings. The average Bonchev–Trinajstić information content (AvgIpc) is 3.32. The standard InChI is InChI=1S/C21H28N4O3/c1-16-4-6-17(7-5-16)19-22-18(23-28-19)14-24-11-9-21(15-24)8-3-10-25(20(21)26)12-13-27-2/h4-7H,3,8-15H2,1-2H3. The van der Waals surface area contributed by atoms with E-state index in [0.29, 0.717) is 31.4 Å². The van der Waals surface area contributed by atoms with Crippen molar-refractivity contribution in [3.8, 4) is 11.5 Å². The summed E-state index contributed by atoms with van der Waals surface area (Å²) in [5.41, 5.74) is 1.87. The van der Waals surface area contributed by atoms with E-state index in [1.165, 1.54) is 5.56 Å². The van der Waals surface area contributed by atoms with E-state index >= 15 is 0 Å². The summed E-state index contributed by atoms with van der Waals surface area (Å²) >= 11 is 0. The molecule has 0 aliphatic carbocycles. The minimum Gasteiger partial charge on any atom is -0.383 e. The Labute approximate surface area is 165 Å². The Balaban J connectivity index is 1.39. The molecular formula is C21H28N4O3. The number of ether oxygens (including phenoxy) is 1. The van der Waals surface area contributed by atoms with Gasteiger partial charge < -0.3 is 14.2 Å². The van der Waals surface area contributed by atoms with Crippen LogP contribution in [0.3, 0.4) is 0 Å². The Kier molecular flexibility index (Phi) is 5.46. The van der Waals surface area contributed by atoms with Gasteiger partial charge in [0, 0.05) is 32.3 Å². The minimum atomic E-state index is -0.254. The maximum absolute atomic E-state index is 13.1. The third kappa shape index (κ3) is 3.82. The molecule has 2 fully saturated rings. The van der Waals surface area contributed by atoms with Gasteiger partial charge in [0.15, 0.2) is 5.82 Å². The zero-order valence-corrected chi connectivity index (χ0v) is 16.7. The predicted molar refractivity (Wildman–Crippen MR) is 104 cm³/mol. The quantitative estimate of drug-likeness (QED) is 0.762. The van der Waals surface area contributed by atoms with Crippen LogP contribution in [0.1, 0.15) is 30.7 Å². The molecule has 2 saturated heterocycles. The van der Waals surface area contributed by atoms with Crippen molar-refractivity contribution in [3.63, 3.8) is 0 Å². The van der Waals surface area contributed by atoms with Gasteiger partial charge in [-0.05, 0) is 44.9 Å². The number of aryl methyl sites for hydroxylation is 1. The number of amides is 1. The highest BCUT2D eigenvalue weighted by molar-refractivity contribution is 5.84. The number of carbonyl (C=O) groups excluding carboxylic acids is 1. The van der Waals surface area contributed by atoms with Gasteiger partial charge in [-0.25, -0.2) is 0 Å². The summed E-state index contributed by atoms with van der Waals surface area (Å²) in [6, 6.07) is 8.06. The molecule has 1 aromatic heterocycles. The van der Waals surface area contributed by atoms with E-state index in [2.05, 4.69) is 22.0 Å². The van der Waals surface area contributed by atoms with Crippen LogP contribution in [-0.2, 0) is 16.1 Å². The van der Waals surface area contributed by atoms with Crippen LogP contribution in [0.15, 0.2) is 28.8 Å². The lowest BCUT2D eigenvalue weighted by molar-refractivity contribution is -0.146. The first-order valence-electron chi connectivity index (χ1n) is 10.00. The third-order valence-corrected chi connectivity index (χ3v) is 5.95. The monoisotopic (exact) mass is 384 g/mol. The number of methoxy groups -OCH3 is 1. The van der Waals surface area contributed by atoms with Crippen LogP contribution >= 0.6 is 0 Å². The number of rotatable bonds is 6. The van der Waals surface area contributed by atoms with Gasteiger partial charge in [-0.2, -0.15) is 4.98 Å². The molecule has 28 heavy (non-hydrogen) atoms. The Morgan fingerprint density at radius 3 is 2.82 bits per heavy atom. The van der Waals surface area contributed by atoms with Crippen LogP contribution in [0.25, 0.3) is 11.5 Å². The van der Waals surface area contributed by atoms with E-state index in [0.717, 1.165) is 44.5 Å². The zero-order chi connectivity index (χ0) is 19.6. The number of likely N-dealkylation sites (tertiary alicyclic amines) is 2. The summed E-state index contributed by atoms with van der Waals surface area (Å²) in [6.45, 7) is 6.44. The molecule has 3 heterocycles. The van der Waals surface area contributed by atoms with Crippen molar-refractivity contribution in [2.75, 3.05) is 39.9 Å². The highest BCUT2D eigenvalue weighted by Crippen LogP contribution is 2.40. The van der Waals surface area contributed by atoms with Crippen molar-refractivity contribution in [1.82, 2.24) is 19.9 Å². The fraction of sp³-hybridized carbons (Fsp3) is 0.571. The molecule has 0 radical (unpaired) electrons. The second-order valence-corrected chi connectivity index (χ2v) is 8.01. The molecule has 7 nitrogen and oxygen atoms in total. The van der Waals surface area contributed by atoms with Gasteiger partial charge in [-0.1, -0.05) is 22.9 Å². The lowest BCUT2D eigenvalue weighted by atomic mass is 9.78. The van der Waals surface area contributed by atoms with Gasteiger partial charge in [0.05, 0.1) is 18.6 Å². The van der Waals surface area contributed by atoms with Gasteiger partial charge in [0.25, 0.3) is 5.89 Å². The van der Waals surface area contributed by atoms with Crippen molar-refractivity contribution in [2.24, 2.45) is 5.41 Å². The van der Waals surface area contributed by atoms with Crippen molar-refractivity contribution >= 4 is 5.91 Å². The van der Waals surface area contributed by atoms with E-state index in [9.17, 15) is 4.79 Å². The molecule has 0 bridgehead atoms. The van der Waals surface area contributed by atoms with E-state index in [4.69, 9.17) is 9.26 Å². The maximum Gasteiger partial charge on any atom is 0.257 e. The van der Waals surface area contributed by atoms with Crippen LogP contribution in [0, 0.1) is 12.3 Å². The molecule has 2 aliphatic heterocycles. The summed E-state index contributed by atoms with van der Waals surface area (Å²) in [5, 5.41) is 4.15. The second-order valence-electron chi connectivity index (χ2n) is 8.01. The van der Waals surface area contributed by atoms with Crippen molar-refractivity contribution < 1.29 is 14.1 Å². The van der Waals surface area contributed by atoms with E-state index < -0.39 is 0 Å². The van der Waals surface area contributed by atoms with Gasteiger partial charge in [-0.15, -0.1) is 0 Å². The Morgan fingerprint density at radius 2 is 2.04 bits per heavy atom. The molecule has 0 saturated carbocycles. The topological polar surface area (TPSA) is 71.7 Å². The maximum atomic E-state index is 13.1. The van der Waals surface area contributed by atoms with Crippen LogP contribution in [0.5, 0.6) is 0 Å². The molecule has 2 aromatic rings. The van der Waals surface area contributed by atoms with E-state index in [1.807, 2.05) is 29.2 Å². The molecule has 1 amide bonds. The smallest absolute Gasteiger partial charge is 0.257 e. The van der Waals surface area contributed by atoms with Crippen LogP contribution in [-0.4, -0.2) is 65.7 Å². The molecule has 1 aromatic carbocycles. The zero-order valence-electron chi connectivity index (χ0n) is 16.7. The number of aromatic nitrogens is 2. The number of hydrogen-bond acceptors (Lipinski definition) is 6. The molecule has 7 heteroatoms. The average molecular weight is 384 g/mol. The van der Waals surface area contributed by atoms with E-state index in [1.54, 1.807) is 7.11 Å². The van der Waals surface area contributed by atoms with Gasteiger partial charge >= 0.3 is 0 Å². The summed E-state index contributed by atoms with van der Waals surface area (Å²) in [7, 11) is 1.68.